The minimum atomic E-state index is -3.74. The summed E-state index contributed by atoms with van der Waals surface area (Å²) in [6.07, 6.45) is 7.47. The highest BCUT2D eigenvalue weighted by atomic mass is 32.2. The minimum absolute atomic E-state index is 0.0318. The molecule has 7 nitrogen and oxygen atoms in total. The first-order chi connectivity index (χ1) is 14.1. The minimum Gasteiger partial charge on any atom is -0.377 e. The van der Waals surface area contributed by atoms with Crippen LogP contribution in [0.1, 0.15) is 24.8 Å². The summed E-state index contributed by atoms with van der Waals surface area (Å²) < 4.78 is 51.1. The summed E-state index contributed by atoms with van der Waals surface area (Å²) in [6, 6.07) is 6.52. The largest absolute Gasteiger partial charge is 0.377 e. The number of rotatable bonds is 13. The van der Waals surface area contributed by atoms with Gasteiger partial charge in [0.25, 0.3) is 10.1 Å². The molecule has 0 saturated carbocycles. The fraction of sp³-hybridized carbons (Fsp3) is 0.619. The monoisotopic (exact) mass is 428 g/mol. The van der Waals surface area contributed by atoms with E-state index in [0.717, 1.165) is 31.4 Å². The van der Waals surface area contributed by atoms with Gasteiger partial charge in [0.1, 0.15) is 0 Å². The molecule has 0 aliphatic carbocycles. The molecule has 1 atom stereocenters. The fourth-order valence-electron chi connectivity index (χ4n) is 2.67. The van der Waals surface area contributed by atoms with Crippen LogP contribution < -0.4 is 0 Å². The maximum Gasteiger partial charge on any atom is 0.297 e. The van der Waals surface area contributed by atoms with Crippen molar-refractivity contribution >= 4 is 10.1 Å². The molecule has 8 heteroatoms. The third-order valence-electron chi connectivity index (χ3n) is 4.28. The van der Waals surface area contributed by atoms with Gasteiger partial charge in [-0.2, -0.15) is 8.42 Å². The van der Waals surface area contributed by atoms with Crippen molar-refractivity contribution in [3.8, 4) is 0 Å². The topological polar surface area (TPSA) is 80.3 Å². The van der Waals surface area contributed by atoms with Crippen LogP contribution in [-0.4, -0.2) is 67.4 Å². The molecule has 0 amide bonds. The molecule has 0 bridgehead atoms. The molecule has 0 radical (unpaired) electrons. The first-order valence-corrected chi connectivity index (χ1v) is 11.4. The predicted molar refractivity (Wildman–Crippen MR) is 110 cm³/mol. The average molecular weight is 429 g/mol. The quantitative estimate of drug-likeness (QED) is 0.271. The second-order valence-corrected chi connectivity index (χ2v) is 8.33. The molecule has 1 aromatic carbocycles. The molecule has 1 aliphatic rings. The summed E-state index contributed by atoms with van der Waals surface area (Å²) in [6.45, 7) is 5.14. The van der Waals surface area contributed by atoms with Gasteiger partial charge in [0.15, 0.2) is 0 Å². The van der Waals surface area contributed by atoms with E-state index in [1.807, 2.05) is 6.92 Å². The molecule has 1 aliphatic heterocycles. The van der Waals surface area contributed by atoms with Gasteiger partial charge in [-0.1, -0.05) is 29.8 Å². The van der Waals surface area contributed by atoms with Crippen molar-refractivity contribution in [3.63, 3.8) is 0 Å². The Labute approximate surface area is 174 Å². The third-order valence-corrected chi connectivity index (χ3v) is 5.61. The van der Waals surface area contributed by atoms with Gasteiger partial charge in [0, 0.05) is 0 Å². The highest BCUT2D eigenvalue weighted by Crippen LogP contribution is 2.13. The van der Waals surface area contributed by atoms with Crippen LogP contribution in [0, 0.1) is 6.92 Å². The first kappa shape index (κ1) is 24.0. The van der Waals surface area contributed by atoms with E-state index in [9.17, 15) is 8.42 Å². The summed E-state index contributed by atoms with van der Waals surface area (Å²) in [5.74, 6) is 0. The van der Waals surface area contributed by atoms with Crippen LogP contribution in [0.5, 0.6) is 0 Å². The molecule has 0 spiro atoms. The third kappa shape index (κ3) is 10.3. The van der Waals surface area contributed by atoms with Crippen LogP contribution in [0.2, 0.25) is 0 Å². The molecule has 164 valence electrons. The van der Waals surface area contributed by atoms with Crippen molar-refractivity contribution in [1.82, 2.24) is 0 Å². The van der Waals surface area contributed by atoms with Gasteiger partial charge in [-0.3, -0.25) is 4.18 Å². The molecule has 0 unspecified atom stereocenters. The zero-order valence-corrected chi connectivity index (χ0v) is 17.9. The normalized spacial score (nSPS) is 18.9. The smallest absolute Gasteiger partial charge is 0.297 e. The highest BCUT2D eigenvalue weighted by molar-refractivity contribution is 7.86. The van der Waals surface area contributed by atoms with Crippen molar-refractivity contribution in [2.75, 3.05) is 52.9 Å². The molecular formula is C21H32O7S. The van der Waals surface area contributed by atoms with E-state index < -0.39 is 10.1 Å². The Morgan fingerprint density at radius 1 is 0.897 bits per heavy atom. The zero-order chi connectivity index (χ0) is 20.8. The van der Waals surface area contributed by atoms with Gasteiger partial charge in [-0.15, -0.1) is 0 Å². The summed E-state index contributed by atoms with van der Waals surface area (Å²) in [7, 11) is -3.74. The Hall–Kier alpha value is -1.29. The van der Waals surface area contributed by atoms with Crippen LogP contribution in [0.4, 0.5) is 0 Å². The van der Waals surface area contributed by atoms with Crippen LogP contribution in [-0.2, 0) is 33.2 Å². The van der Waals surface area contributed by atoms with Crippen LogP contribution in [0.25, 0.3) is 0 Å². The molecule has 0 fully saturated rings. The van der Waals surface area contributed by atoms with Gasteiger partial charge < -0.3 is 18.9 Å². The fourth-order valence-corrected chi connectivity index (χ4v) is 3.56. The molecule has 2 rings (SSSR count). The Balaban J connectivity index is 1.42. The number of hydrogen-bond donors (Lipinski definition) is 0. The van der Waals surface area contributed by atoms with E-state index in [-0.39, 0.29) is 24.2 Å². The Morgan fingerprint density at radius 2 is 1.52 bits per heavy atom. The lowest BCUT2D eigenvalue weighted by atomic mass is 10.1. The van der Waals surface area contributed by atoms with E-state index in [4.69, 9.17) is 23.1 Å². The van der Waals surface area contributed by atoms with Gasteiger partial charge in [-0.25, -0.2) is 0 Å². The van der Waals surface area contributed by atoms with E-state index in [1.54, 1.807) is 12.1 Å². The van der Waals surface area contributed by atoms with Crippen LogP contribution in [0.3, 0.4) is 0 Å². The van der Waals surface area contributed by atoms with Crippen molar-refractivity contribution in [2.45, 2.75) is 37.2 Å². The van der Waals surface area contributed by atoms with Gasteiger partial charge in [0.05, 0.1) is 63.9 Å². The first-order valence-electron chi connectivity index (χ1n) is 10.0. The average Bonchev–Trinajstić information content (AvgIpc) is 2.67. The Morgan fingerprint density at radius 3 is 2.24 bits per heavy atom. The van der Waals surface area contributed by atoms with Gasteiger partial charge >= 0.3 is 0 Å². The lowest BCUT2D eigenvalue weighted by Crippen LogP contribution is -2.22. The molecule has 1 aromatic rings. The van der Waals surface area contributed by atoms with E-state index >= 15 is 0 Å². The lowest BCUT2D eigenvalue weighted by Gasteiger charge is -2.18. The predicted octanol–water partition coefficient (Wildman–Crippen LogP) is 2.88. The van der Waals surface area contributed by atoms with Crippen molar-refractivity contribution in [2.24, 2.45) is 0 Å². The second kappa shape index (κ2) is 13.8. The van der Waals surface area contributed by atoms with Crippen LogP contribution >= 0.6 is 0 Å². The number of hydrogen-bond acceptors (Lipinski definition) is 7. The molecular weight excluding hydrogens is 396 g/mol. The number of aryl methyl sites for hydroxylation is 1. The van der Waals surface area contributed by atoms with Crippen LogP contribution in [0.15, 0.2) is 41.3 Å². The summed E-state index contributed by atoms with van der Waals surface area (Å²) in [4.78, 5) is 0.146. The SMILES string of the molecule is Cc1ccc(S(=O)(=O)OCCOCCOCCOC[C@@H]2CC/C=C/CCO2)cc1. The van der Waals surface area contributed by atoms with E-state index in [1.165, 1.54) is 12.1 Å². The Kier molecular flexibility index (Phi) is 11.5. The van der Waals surface area contributed by atoms with Gasteiger partial charge in [-0.05, 0) is 38.3 Å². The van der Waals surface area contributed by atoms with E-state index in [0.29, 0.717) is 33.0 Å². The Bertz CT molecular complexity index is 685. The number of ether oxygens (including phenoxy) is 4. The molecule has 1 heterocycles. The standard InChI is InChI=1S/C21H32O7S/c1-19-7-9-21(10-8-19)29(22,23)28-17-16-25-13-12-24-14-15-26-18-20-6-4-2-3-5-11-27-20/h2-3,7-10,20H,4-6,11-18H2,1H3/b3-2+/t20-/m0/s1. The summed E-state index contributed by atoms with van der Waals surface area (Å²) in [5.41, 5.74) is 0.989. The molecule has 0 aromatic heterocycles. The van der Waals surface area contributed by atoms with E-state index in [2.05, 4.69) is 12.2 Å². The summed E-state index contributed by atoms with van der Waals surface area (Å²) >= 11 is 0. The lowest BCUT2D eigenvalue weighted by molar-refractivity contribution is -0.0387. The number of benzene rings is 1. The zero-order valence-electron chi connectivity index (χ0n) is 17.1. The maximum absolute atomic E-state index is 12.0. The molecule has 0 saturated heterocycles. The maximum atomic E-state index is 12.0. The highest BCUT2D eigenvalue weighted by Gasteiger charge is 2.14. The molecule has 29 heavy (non-hydrogen) atoms. The van der Waals surface area contributed by atoms with Crippen molar-refractivity contribution in [1.29, 1.82) is 0 Å². The van der Waals surface area contributed by atoms with Gasteiger partial charge in [0.2, 0.25) is 0 Å². The second-order valence-electron chi connectivity index (χ2n) is 6.72. The number of allylic oxidation sites excluding steroid dienone is 1. The van der Waals surface area contributed by atoms with Crippen molar-refractivity contribution in [3.05, 3.63) is 42.0 Å². The van der Waals surface area contributed by atoms with Crippen molar-refractivity contribution < 1.29 is 31.5 Å². The molecule has 0 N–H and O–H groups in total. The summed E-state index contributed by atoms with van der Waals surface area (Å²) in [5, 5.41) is 0.